The highest BCUT2D eigenvalue weighted by molar-refractivity contribution is 5.21. The highest BCUT2D eigenvalue weighted by Crippen LogP contribution is 2.11. The van der Waals surface area contributed by atoms with Gasteiger partial charge in [0.25, 0.3) is 0 Å². The third kappa shape index (κ3) is 1.37. The normalized spacial score (nSPS) is 34.3. The second-order valence-corrected chi connectivity index (χ2v) is 1.89. The van der Waals surface area contributed by atoms with Gasteiger partial charge in [-0.2, -0.15) is 0 Å². The first kappa shape index (κ1) is 6.45. The molecule has 0 bridgehead atoms. The molecule has 0 spiro atoms. The predicted octanol–water partition coefficient (Wildman–Crippen LogP) is 0.131. The minimum absolute atomic E-state index is 0.507. The van der Waals surface area contributed by atoms with Gasteiger partial charge in [0, 0.05) is 0 Å². The van der Waals surface area contributed by atoms with Gasteiger partial charge in [0.05, 0.1) is 0 Å². The molecule has 0 radical (unpaired) electrons. The maximum atomic E-state index is 12.1. The molecule has 1 aliphatic rings. The Morgan fingerprint density at radius 1 is 1.33 bits per heavy atom. The van der Waals surface area contributed by atoms with Crippen molar-refractivity contribution in [1.29, 1.82) is 0 Å². The summed E-state index contributed by atoms with van der Waals surface area (Å²) in [6, 6.07) is 0. The van der Waals surface area contributed by atoms with Crippen LogP contribution in [-0.4, -0.2) is 22.4 Å². The van der Waals surface area contributed by atoms with Crippen molar-refractivity contribution < 1.29 is 14.6 Å². The van der Waals surface area contributed by atoms with E-state index in [9.17, 15) is 4.39 Å². The third-order valence-electron chi connectivity index (χ3n) is 1.13. The first-order chi connectivity index (χ1) is 4.20. The molecular formula is C6H7FO2. The molecule has 0 saturated heterocycles. The summed E-state index contributed by atoms with van der Waals surface area (Å²) in [6.07, 6.45) is 1.25. The molecule has 0 saturated carbocycles. The van der Waals surface area contributed by atoms with Crippen LogP contribution in [0, 0.1) is 0 Å². The van der Waals surface area contributed by atoms with Crippen LogP contribution in [0.25, 0.3) is 0 Å². The highest BCUT2D eigenvalue weighted by atomic mass is 19.1. The van der Waals surface area contributed by atoms with E-state index in [0.717, 1.165) is 12.2 Å². The van der Waals surface area contributed by atoms with Crippen molar-refractivity contribution in [3.63, 3.8) is 0 Å². The fourth-order valence-electron chi connectivity index (χ4n) is 0.622. The molecule has 0 aromatic rings. The minimum Gasteiger partial charge on any atom is -0.386 e. The molecule has 9 heavy (non-hydrogen) atoms. The summed E-state index contributed by atoms with van der Waals surface area (Å²) in [5.41, 5.74) is 0. The standard InChI is InChI=1S/C6H7FO2/c7-4-1-2-5(8)6(9)3-4/h1-3,5-6,8-9H/t5-,6+/m1/s1. The molecule has 3 heteroatoms. The van der Waals surface area contributed by atoms with Gasteiger partial charge in [0.2, 0.25) is 0 Å². The van der Waals surface area contributed by atoms with Gasteiger partial charge in [-0.15, -0.1) is 0 Å². The predicted molar refractivity (Wildman–Crippen MR) is 30.3 cm³/mol. The maximum absolute atomic E-state index is 12.1. The van der Waals surface area contributed by atoms with Crippen molar-refractivity contribution in [3.05, 3.63) is 24.1 Å². The van der Waals surface area contributed by atoms with Crippen LogP contribution in [0.2, 0.25) is 0 Å². The number of aliphatic hydroxyl groups is 2. The highest BCUT2D eigenvalue weighted by Gasteiger charge is 2.14. The zero-order chi connectivity index (χ0) is 6.85. The Morgan fingerprint density at radius 3 is 2.44 bits per heavy atom. The summed E-state index contributed by atoms with van der Waals surface area (Å²) in [5.74, 6) is -0.507. The van der Waals surface area contributed by atoms with Crippen molar-refractivity contribution in [3.8, 4) is 0 Å². The number of allylic oxidation sites excluding steroid dienone is 2. The van der Waals surface area contributed by atoms with Crippen LogP contribution in [0.3, 0.4) is 0 Å². The zero-order valence-electron chi connectivity index (χ0n) is 4.66. The summed E-state index contributed by atoms with van der Waals surface area (Å²) in [7, 11) is 0. The molecule has 0 unspecified atom stereocenters. The van der Waals surface area contributed by atoms with Gasteiger partial charge in [-0.05, 0) is 12.2 Å². The van der Waals surface area contributed by atoms with Crippen LogP contribution in [0.5, 0.6) is 0 Å². The minimum atomic E-state index is -1.09. The van der Waals surface area contributed by atoms with Crippen molar-refractivity contribution in [2.45, 2.75) is 12.2 Å². The third-order valence-corrected chi connectivity index (χ3v) is 1.13. The van der Waals surface area contributed by atoms with Crippen LogP contribution in [0.15, 0.2) is 24.1 Å². The Morgan fingerprint density at radius 2 is 2.00 bits per heavy atom. The van der Waals surface area contributed by atoms with E-state index in [1.165, 1.54) is 6.08 Å². The van der Waals surface area contributed by atoms with E-state index in [-0.39, 0.29) is 0 Å². The van der Waals surface area contributed by atoms with E-state index in [1.54, 1.807) is 0 Å². The molecule has 0 aliphatic heterocycles. The fraction of sp³-hybridized carbons (Fsp3) is 0.333. The van der Waals surface area contributed by atoms with Gasteiger partial charge >= 0.3 is 0 Å². The van der Waals surface area contributed by atoms with Crippen molar-refractivity contribution >= 4 is 0 Å². The number of hydrogen-bond acceptors (Lipinski definition) is 2. The Kier molecular flexibility index (Phi) is 1.64. The summed E-state index contributed by atoms with van der Waals surface area (Å²) in [6.45, 7) is 0. The van der Waals surface area contributed by atoms with Crippen LogP contribution in [0.4, 0.5) is 4.39 Å². The molecule has 0 aromatic carbocycles. The van der Waals surface area contributed by atoms with Gasteiger partial charge in [-0.3, -0.25) is 0 Å². The van der Waals surface area contributed by atoms with Crippen molar-refractivity contribution in [2.24, 2.45) is 0 Å². The lowest BCUT2D eigenvalue weighted by atomic mass is 10.1. The zero-order valence-corrected chi connectivity index (χ0v) is 4.66. The number of hydrogen-bond donors (Lipinski definition) is 2. The molecular weight excluding hydrogens is 123 g/mol. The maximum Gasteiger partial charge on any atom is 0.121 e. The van der Waals surface area contributed by atoms with Crippen molar-refractivity contribution in [2.75, 3.05) is 0 Å². The summed E-state index contributed by atoms with van der Waals surface area (Å²) in [4.78, 5) is 0. The molecule has 50 valence electrons. The first-order valence-electron chi connectivity index (χ1n) is 2.62. The van der Waals surface area contributed by atoms with Crippen LogP contribution >= 0.6 is 0 Å². The Hall–Kier alpha value is -0.670. The summed E-state index contributed by atoms with van der Waals surface area (Å²) in [5, 5.41) is 17.5. The summed E-state index contributed by atoms with van der Waals surface area (Å²) >= 11 is 0. The lowest BCUT2D eigenvalue weighted by Crippen LogP contribution is -2.23. The number of rotatable bonds is 0. The molecule has 2 atom stereocenters. The lowest BCUT2D eigenvalue weighted by molar-refractivity contribution is 0.0774. The molecule has 0 amide bonds. The van der Waals surface area contributed by atoms with Crippen LogP contribution in [0.1, 0.15) is 0 Å². The fourth-order valence-corrected chi connectivity index (χ4v) is 0.622. The quantitative estimate of drug-likeness (QED) is 0.489. The van der Waals surface area contributed by atoms with E-state index >= 15 is 0 Å². The van der Waals surface area contributed by atoms with Gasteiger partial charge < -0.3 is 10.2 Å². The van der Waals surface area contributed by atoms with E-state index < -0.39 is 18.0 Å². The second-order valence-electron chi connectivity index (χ2n) is 1.89. The van der Waals surface area contributed by atoms with Gasteiger partial charge in [0.1, 0.15) is 18.0 Å². The van der Waals surface area contributed by atoms with Gasteiger partial charge in [-0.1, -0.05) is 6.08 Å². The van der Waals surface area contributed by atoms with E-state index in [0.29, 0.717) is 0 Å². The Balaban J connectivity index is 2.70. The van der Waals surface area contributed by atoms with Crippen LogP contribution in [-0.2, 0) is 0 Å². The topological polar surface area (TPSA) is 40.5 Å². The van der Waals surface area contributed by atoms with E-state index in [1.807, 2.05) is 0 Å². The molecule has 0 aromatic heterocycles. The Labute approximate surface area is 51.9 Å². The molecule has 1 aliphatic carbocycles. The number of halogens is 1. The van der Waals surface area contributed by atoms with E-state index in [2.05, 4.69) is 0 Å². The molecule has 0 fully saturated rings. The average molecular weight is 130 g/mol. The second kappa shape index (κ2) is 2.29. The molecule has 0 heterocycles. The van der Waals surface area contributed by atoms with Gasteiger partial charge in [0.15, 0.2) is 0 Å². The smallest absolute Gasteiger partial charge is 0.121 e. The van der Waals surface area contributed by atoms with E-state index in [4.69, 9.17) is 10.2 Å². The average Bonchev–Trinajstić information content (AvgIpc) is 1.80. The SMILES string of the molecule is O[C@@H]1C=CC(F)=C[C@@H]1O. The molecule has 2 nitrogen and oxygen atoms in total. The number of aliphatic hydroxyl groups excluding tert-OH is 2. The first-order valence-corrected chi connectivity index (χ1v) is 2.62. The summed E-state index contributed by atoms with van der Waals surface area (Å²) < 4.78 is 12.1. The lowest BCUT2D eigenvalue weighted by Gasteiger charge is -2.12. The van der Waals surface area contributed by atoms with Crippen molar-refractivity contribution in [1.82, 2.24) is 0 Å². The van der Waals surface area contributed by atoms with Crippen LogP contribution < -0.4 is 0 Å². The monoisotopic (exact) mass is 130 g/mol. The molecule has 1 rings (SSSR count). The van der Waals surface area contributed by atoms with Gasteiger partial charge in [-0.25, -0.2) is 4.39 Å². The molecule has 2 N–H and O–H groups in total. The largest absolute Gasteiger partial charge is 0.386 e. The Bertz CT molecular complexity index is 162.